The number of ether oxygens (including phenoxy) is 1. The predicted molar refractivity (Wildman–Crippen MR) is 131 cm³/mol. The van der Waals surface area contributed by atoms with E-state index in [4.69, 9.17) is 14.8 Å². The van der Waals surface area contributed by atoms with Crippen molar-refractivity contribution in [3.05, 3.63) is 63.8 Å². The van der Waals surface area contributed by atoms with Gasteiger partial charge in [-0.15, -0.1) is 11.3 Å². The maximum absolute atomic E-state index is 11.7. The highest BCUT2D eigenvalue weighted by atomic mass is 32.1. The summed E-state index contributed by atoms with van der Waals surface area (Å²) in [4.78, 5) is 17.3. The topological polar surface area (TPSA) is 68.0 Å². The molecule has 3 aromatic rings. The van der Waals surface area contributed by atoms with Gasteiger partial charge in [-0.1, -0.05) is 45.0 Å². The highest BCUT2D eigenvalue weighted by Gasteiger charge is 2.18. The average molecular weight is 449 g/mol. The molecule has 0 saturated heterocycles. The Labute approximate surface area is 192 Å². The number of hydrogen-bond donors (Lipinski definition) is 1. The standard InChI is InChI=1S/C25H28N4O2S/c1-16(2)27-24-29(26-13-17-6-9-19(10-7-17)25(3,4)5)21(15-32-24)18-8-11-22-20(12-18)28-23(30)14-31-22/h6-13,15-16H,14H2,1-5H3,(H,28,30). The van der Waals surface area contributed by atoms with Gasteiger partial charge < -0.3 is 10.1 Å². The molecule has 1 amide bonds. The van der Waals surface area contributed by atoms with Crippen molar-refractivity contribution in [3.8, 4) is 17.0 Å². The molecule has 0 aliphatic carbocycles. The summed E-state index contributed by atoms with van der Waals surface area (Å²) in [5.41, 5.74) is 4.91. The molecular weight excluding hydrogens is 420 g/mol. The van der Waals surface area contributed by atoms with Crippen molar-refractivity contribution in [2.45, 2.75) is 46.1 Å². The van der Waals surface area contributed by atoms with Crippen LogP contribution >= 0.6 is 11.3 Å². The van der Waals surface area contributed by atoms with Gasteiger partial charge in [-0.2, -0.15) is 5.10 Å². The predicted octanol–water partition coefficient (Wildman–Crippen LogP) is 5.04. The lowest BCUT2D eigenvalue weighted by Crippen LogP contribution is -2.25. The van der Waals surface area contributed by atoms with Gasteiger partial charge in [-0.05, 0) is 48.6 Å². The zero-order chi connectivity index (χ0) is 22.9. The number of rotatable bonds is 4. The van der Waals surface area contributed by atoms with Crippen LogP contribution in [0.1, 0.15) is 45.7 Å². The van der Waals surface area contributed by atoms with Crippen molar-refractivity contribution in [1.29, 1.82) is 0 Å². The number of nitrogens with one attached hydrogen (secondary N) is 1. The lowest BCUT2D eigenvalue weighted by atomic mass is 9.87. The number of fused-ring (bicyclic) bond motifs is 1. The van der Waals surface area contributed by atoms with E-state index in [1.807, 2.05) is 48.3 Å². The number of anilines is 1. The lowest BCUT2D eigenvalue weighted by Gasteiger charge is -2.18. The van der Waals surface area contributed by atoms with E-state index < -0.39 is 0 Å². The minimum Gasteiger partial charge on any atom is -0.482 e. The summed E-state index contributed by atoms with van der Waals surface area (Å²) in [6, 6.07) is 14.4. The highest BCUT2D eigenvalue weighted by molar-refractivity contribution is 7.07. The maximum atomic E-state index is 11.7. The minimum atomic E-state index is -0.153. The molecule has 6 nitrogen and oxygen atoms in total. The van der Waals surface area contributed by atoms with Gasteiger partial charge in [0.25, 0.3) is 5.91 Å². The molecule has 0 unspecified atom stereocenters. The minimum absolute atomic E-state index is 0.0422. The zero-order valence-electron chi connectivity index (χ0n) is 19.0. The third-order valence-corrected chi connectivity index (χ3v) is 5.89. The molecule has 2 heterocycles. The van der Waals surface area contributed by atoms with E-state index in [-0.39, 0.29) is 24.0 Å². The largest absolute Gasteiger partial charge is 0.482 e. The van der Waals surface area contributed by atoms with Gasteiger partial charge in [0.2, 0.25) is 4.80 Å². The first-order chi connectivity index (χ1) is 15.2. The lowest BCUT2D eigenvalue weighted by molar-refractivity contribution is -0.118. The molecule has 0 saturated carbocycles. The van der Waals surface area contributed by atoms with Crippen LogP contribution in [-0.4, -0.2) is 29.4 Å². The summed E-state index contributed by atoms with van der Waals surface area (Å²) in [6.45, 7) is 10.7. The molecule has 4 rings (SSSR count). The molecule has 1 aliphatic heterocycles. The number of carbonyl (C=O) groups is 1. The van der Waals surface area contributed by atoms with E-state index in [0.717, 1.165) is 21.6 Å². The third kappa shape index (κ3) is 4.83. The number of aromatic nitrogens is 1. The van der Waals surface area contributed by atoms with Gasteiger partial charge in [-0.25, -0.2) is 4.68 Å². The van der Waals surface area contributed by atoms with E-state index in [2.05, 4.69) is 50.4 Å². The summed E-state index contributed by atoms with van der Waals surface area (Å²) in [5.74, 6) is 0.518. The Balaban J connectivity index is 1.73. The van der Waals surface area contributed by atoms with E-state index in [1.165, 1.54) is 5.56 Å². The second kappa shape index (κ2) is 8.74. The maximum Gasteiger partial charge on any atom is 0.262 e. The first kappa shape index (κ1) is 22.0. The Bertz CT molecular complexity index is 1230. The van der Waals surface area contributed by atoms with Crippen LogP contribution in [-0.2, 0) is 10.2 Å². The molecule has 32 heavy (non-hydrogen) atoms. The molecule has 0 bridgehead atoms. The zero-order valence-corrected chi connectivity index (χ0v) is 19.9. The SMILES string of the molecule is CC(C)N=c1scc(-c2ccc3c(c2)NC(=O)CO3)n1N=Cc1ccc(C(C)(C)C)cc1. The van der Waals surface area contributed by atoms with Crippen molar-refractivity contribution < 1.29 is 9.53 Å². The average Bonchev–Trinajstić information content (AvgIpc) is 3.13. The van der Waals surface area contributed by atoms with Crippen molar-refractivity contribution in [2.24, 2.45) is 10.1 Å². The van der Waals surface area contributed by atoms with Crippen molar-refractivity contribution in [2.75, 3.05) is 11.9 Å². The second-order valence-electron chi connectivity index (χ2n) is 9.10. The van der Waals surface area contributed by atoms with Crippen LogP contribution in [0.5, 0.6) is 5.75 Å². The Hall–Kier alpha value is -3.19. The van der Waals surface area contributed by atoms with E-state index in [9.17, 15) is 4.79 Å². The number of thiazole rings is 1. The first-order valence-electron chi connectivity index (χ1n) is 10.7. The van der Waals surface area contributed by atoms with Crippen LogP contribution in [0, 0.1) is 0 Å². The van der Waals surface area contributed by atoms with Gasteiger partial charge in [0.05, 0.1) is 17.6 Å². The summed E-state index contributed by atoms with van der Waals surface area (Å²) in [6.07, 6.45) is 1.85. The molecular formula is C25H28N4O2S. The summed E-state index contributed by atoms with van der Waals surface area (Å²) < 4.78 is 7.35. The highest BCUT2D eigenvalue weighted by Crippen LogP contribution is 2.33. The molecule has 1 N–H and O–H groups in total. The molecule has 2 aromatic carbocycles. The van der Waals surface area contributed by atoms with E-state index >= 15 is 0 Å². The van der Waals surface area contributed by atoms with Crippen LogP contribution in [0.25, 0.3) is 11.3 Å². The third-order valence-electron chi connectivity index (χ3n) is 5.06. The van der Waals surface area contributed by atoms with E-state index in [0.29, 0.717) is 11.4 Å². The number of hydrogen-bond acceptors (Lipinski definition) is 5. The molecule has 166 valence electrons. The number of carbonyl (C=O) groups excluding carboxylic acids is 1. The van der Waals surface area contributed by atoms with Crippen LogP contribution in [0.15, 0.2) is 57.9 Å². The Kier molecular flexibility index (Phi) is 6.02. The number of amides is 1. The molecule has 7 heteroatoms. The van der Waals surface area contributed by atoms with Crippen molar-refractivity contribution >= 4 is 29.1 Å². The Morgan fingerprint density at radius 3 is 2.59 bits per heavy atom. The fourth-order valence-corrected chi connectivity index (χ4v) is 4.33. The Morgan fingerprint density at radius 1 is 1.16 bits per heavy atom. The molecule has 0 radical (unpaired) electrons. The molecule has 1 aliphatic rings. The van der Waals surface area contributed by atoms with Gasteiger partial charge in [0.15, 0.2) is 6.61 Å². The van der Waals surface area contributed by atoms with Gasteiger partial charge >= 0.3 is 0 Å². The molecule has 0 atom stereocenters. The summed E-state index contributed by atoms with van der Waals surface area (Å²) >= 11 is 1.54. The number of benzene rings is 2. The van der Waals surface area contributed by atoms with Crippen molar-refractivity contribution in [3.63, 3.8) is 0 Å². The second-order valence-corrected chi connectivity index (χ2v) is 9.94. The molecule has 0 spiro atoms. The molecule has 0 fully saturated rings. The van der Waals surface area contributed by atoms with Crippen LogP contribution in [0.2, 0.25) is 0 Å². The summed E-state index contributed by atoms with van der Waals surface area (Å²) in [7, 11) is 0. The fraction of sp³-hybridized carbons (Fsp3) is 0.320. The monoisotopic (exact) mass is 448 g/mol. The molecule has 1 aromatic heterocycles. The smallest absolute Gasteiger partial charge is 0.262 e. The van der Waals surface area contributed by atoms with E-state index in [1.54, 1.807) is 11.3 Å². The fourth-order valence-electron chi connectivity index (χ4n) is 3.36. The normalized spacial score (nSPS) is 14.6. The van der Waals surface area contributed by atoms with Gasteiger partial charge in [0.1, 0.15) is 5.75 Å². The first-order valence-corrected chi connectivity index (χ1v) is 11.5. The van der Waals surface area contributed by atoms with Gasteiger partial charge in [-0.3, -0.25) is 9.79 Å². The summed E-state index contributed by atoms with van der Waals surface area (Å²) in [5, 5.41) is 9.68. The Morgan fingerprint density at radius 2 is 1.91 bits per heavy atom. The van der Waals surface area contributed by atoms with Gasteiger partial charge in [0, 0.05) is 17.0 Å². The van der Waals surface area contributed by atoms with Crippen LogP contribution < -0.4 is 14.9 Å². The number of nitrogens with zero attached hydrogens (tertiary/aromatic N) is 3. The quantitative estimate of drug-likeness (QED) is 0.569. The van der Waals surface area contributed by atoms with Crippen LogP contribution in [0.4, 0.5) is 5.69 Å². The van der Waals surface area contributed by atoms with Crippen molar-refractivity contribution in [1.82, 2.24) is 4.68 Å². The van der Waals surface area contributed by atoms with Crippen LogP contribution in [0.3, 0.4) is 0 Å².